The van der Waals surface area contributed by atoms with E-state index in [0.29, 0.717) is 12.0 Å². The molecule has 0 spiro atoms. The highest BCUT2D eigenvalue weighted by Crippen LogP contribution is 2.61. The van der Waals surface area contributed by atoms with Crippen LogP contribution < -0.4 is 0 Å². The first kappa shape index (κ1) is 15.4. The number of β-amino-alcohol motifs (C(OH)–C–C–N with tert-alkyl or cyclic N) is 1. The van der Waals surface area contributed by atoms with Gasteiger partial charge in [-0.2, -0.15) is 0 Å². The molecule has 22 heavy (non-hydrogen) atoms. The Morgan fingerprint density at radius 3 is 2.18 bits per heavy atom. The van der Waals surface area contributed by atoms with Crippen molar-refractivity contribution < 1.29 is 9.84 Å². The first-order valence-corrected chi connectivity index (χ1v) is 9.69. The lowest BCUT2D eigenvalue weighted by Gasteiger charge is -2.57. The minimum Gasteiger partial charge on any atom is -0.389 e. The number of hydrogen-bond donors (Lipinski definition) is 1. The van der Waals surface area contributed by atoms with Crippen molar-refractivity contribution in [3.63, 3.8) is 0 Å². The Morgan fingerprint density at radius 1 is 1.00 bits per heavy atom. The van der Waals surface area contributed by atoms with E-state index in [0.717, 1.165) is 44.0 Å². The zero-order valence-electron chi connectivity index (χ0n) is 14.0. The van der Waals surface area contributed by atoms with Crippen molar-refractivity contribution in [2.24, 2.45) is 23.2 Å². The van der Waals surface area contributed by atoms with Gasteiger partial charge in [-0.3, -0.25) is 0 Å². The van der Waals surface area contributed by atoms with Crippen LogP contribution in [0.2, 0.25) is 0 Å². The summed E-state index contributed by atoms with van der Waals surface area (Å²) in [5.41, 5.74) is 0.620. The molecule has 1 N–H and O–H groups in total. The van der Waals surface area contributed by atoms with Gasteiger partial charge in [0, 0.05) is 13.2 Å². The molecular weight excluding hydrogens is 274 g/mol. The third-order valence-corrected chi connectivity index (χ3v) is 6.92. The van der Waals surface area contributed by atoms with Crippen molar-refractivity contribution in [3.8, 4) is 0 Å². The maximum absolute atomic E-state index is 10.1. The van der Waals surface area contributed by atoms with Crippen LogP contribution in [0.4, 0.5) is 0 Å². The van der Waals surface area contributed by atoms with E-state index >= 15 is 0 Å². The quantitative estimate of drug-likeness (QED) is 0.734. The number of ether oxygens (including phenoxy) is 1. The predicted molar refractivity (Wildman–Crippen MR) is 87.7 cm³/mol. The molecule has 5 fully saturated rings. The molecule has 3 nitrogen and oxygen atoms in total. The van der Waals surface area contributed by atoms with Gasteiger partial charge in [0.25, 0.3) is 0 Å². The van der Waals surface area contributed by atoms with E-state index in [1.54, 1.807) is 0 Å². The Hall–Kier alpha value is -0.120. The molecule has 0 aromatic carbocycles. The van der Waals surface area contributed by atoms with Crippen LogP contribution in [0, 0.1) is 23.2 Å². The molecule has 1 saturated heterocycles. The zero-order valence-corrected chi connectivity index (χ0v) is 14.0. The monoisotopic (exact) mass is 307 g/mol. The van der Waals surface area contributed by atoms with Crippen molar-refractivity contribution in [3.05, 3.63) is 0 Å². The highest BCUT2D eigenvalue weighted by atomic mass is 16.5. The number of rotatable bonds is 7. The summed E-state index contributed by atoms with van der Waals surface area (Å²) >= 11 is 0. The molecule has 5 rings (SSSR count). The van der Waals surface area contributed by atoms with Crippen LogP contribution in [0.3, 0.4) is 0 Å². The summed E-state index contributed by atoms with van der Waals surface area (Å²) in [5.74, 6) is 3.10. The van der Waals surface area contributed by atoms with E-state index < -0.39 is 0 Å². The second kappa shape index (κ2) is 6.41. The van der Waals surface area contributed by atoms with Crippen LogP contribution in [0.25, 0.3) is 0 Å². The maximum atomic E-state index is 10.1. The Labute approximate surface area is 135 Å². The van der Waals surface area contributed by atoms with Crippen molar-refractivity contribution in [1.29, 1.82) is 0 Å². The molecule has 5 aliphatic rings. The molecule has 1 heterocycles. The molecule has 0 aromatic heterocycles. The molecule has 126 valence electrons. The molecule has 1 aliphatic heterocycles. The Balaban J connectivity index is 1.17. The lowest BCUT2D eigenvalue weighted by atomic mass is 9.49. The lowest BCUT2D eigenvalue weighted by Crippen LogP contribution is -2.46. The van der Waals surface area contributed by atoms with Gasteiger partial charge in [0.15, 0.2) is 0 Å². The smallest absolute Gasteiger partial charge is 0.0900 e. The fourth-order valence-electron chi connectivity index (χ4n) is 6.42. The molecule has 4 bridgehead atoms. The largest absolute Gasteiger partial charge is 0.389 e. The maximum Gasteiger partial charge on any atom is 0.0900 e. The topological polar surface area (TPSA) is 32.7 Å². The molecule has 0 radical (unpaired) electrons. The van der Waals surface area contributed by atoms with Gasteiger partial charge in [-0.1, -0.05) is 0 Å². The lowest BCUT2D eigenvalue weighted by molar-refractivity contribution is -0.0739. The average Bonchev–Trinajstić information content (AvgIpc) is 2.95. The molecule has 0 aromatic rings. The summed E-state index contributed by atoms with van der Waals surface area (Å²) in [6, 6.07) is 0. The Kier molecular flexibility index (Phi) is 4.49. The van der Waals surface area contributed by atoms with Crippen LogP contribution >= 0.6 is 0 Å². The van der Waals surface area contributed by atoms with E-state index in [1.807, 2.05) is 0 Å². The van der Waals surface area contributed by atoms with Crippen molar-refractivity contribution in [2.75, 3.05) is 32.8 Å². The number of hydrogen-bond acceptors (Lipinski definition) is 3. The molecule has 4 saturated carbocycles. The molecular formula is C19H33NO2. The van der Waals surface area contributed by atoms with Crippen LogP contribution in [0.5, 0.6) is 0 Å². The van der Waals surface area contributed by atoms with Gasteiger partial charge in [-0.05, 0) is 94.0 Å². The summed E-state index contributed by atoms with van der Waals surface area (Å²) < 4.78 is 5.87. The summed E-state index contributed by atoms with van der Waals surface area (Å²) in [6.07, 6.45) is 12.5. The van der Waals surface area contributed by atoms with Gasteiger partial charge < -0.3 is 14.7 Å². The summed E-state index contributed by atoms with van der Waals surface area (Å²) in [7, 11) is 0. The van der Waals surface area contributed by atoms with Crippen molar-refractivity contribution in [2.45, 2.75) is 63.9 Å². The van der Waals surface area contributed by atoms with Gasteiger partial charge in [-0.25, -0.2) is 0 Å². The SMILES string of the molecule is O[C@H](COCCC12CC3CC(CC(C3)C1)C2)CN1CCCC1. The van der Waals surface area contributed by atoms with Crippen LogP contribution in [-0.4, -0.2) is 49.0 Å². The number of likely N-dealkylation sites (tertiary alicyclic amines) is 1. The number of nitrogens with zero attached hydrogens (tertiary/aromatic N) is 1. The highest BCUT2D eigenvalue weighted by molar-refractivity contribution is 5.01. The van der Waals surface area contributed by atoms with Gasteiger partial charge >= 0.3 is 0 Å². The molecule has 0 unspecified atom stereocenters. The van der Waals surface area contributed by atoms with Crippen LogP contribution in [0.1, 0.15) is 57.8 Å². The number of aliphatic hydroxyl groups excluding tert-OH is 1. The zero-order chi connectivity index (χ0) is 15.0. The number of aliphatic hydroxyl groups is 1. The molecule has 4 aliphatic carbocycles. The van der Waals surface area contributed by atoms with Gasteiger partial charge in [0.1, 0.15) is 0 Å². The third kappa shape index (κ3) is 3.37. The van der Waals surface area contributed by atoms with Crippen molar-refractivity contribution in [1.82, 2.24) is 4.90 Å². The fourth-order valence-corrected chi connectivity index (χ4v) is 6.42. The summed E-state index contributed by atoms with van der Waals surface area (Å²) in [6.45, 7) is 4.51. The van der Waals surface area contributed by atoms with E-state index in [1.165, 1.54) is 57.8 Å². The first-order chi connectivity index (χ1) is 10.7. The second-order valence-corrected chi connectivity index (χ2v) is 8.90. The Bertz CT molecular complexity index is 342. The summed E-state index contributed by atoms with van der Waals surface area (Å²) in [4.78, 5) is 2.37. The van der Waals surface area contributed by atoms with Crippen molar-refractivity contribution >= 4 is 0 Å². The normalized spacial score (nSPS) is 42.1. The van der Waals surface area contributed by atoms with Gasteiger partial charge in [-0.15, -0.1) is 0 Å². The van der Waals surface area contributed by atoms with E-state index in [2.05, 4.69) is 4.90 Å². The van der Waals surface area contributed by atoms with Crippen LogP contribution in [0.15, 0.2) is 0 Å². The average molecular weight is 307 g/mol. The molecule has 0 amide bonds. The Morgan fingerprint density at radius 2 is 1.59 bits per heavy atom. The van der Waals surface area contributed by atoms with E-state index in [4.69, 9.17) is 4.74 Å². The molecule has 3 heteroatoms. The van der Waals surface area contributed by atoms with Crippen LogP contribution in [-0.2, 0) is 4.74 Å². The minimum atomic E-state index is -0.297. The van der Waals surface area contributed by atoms with E-state index in [-0.39, 0.29) is 6.10 Å². The molecule has 1 atom stereocenters. The summed E-state index contributed by atoms with van der Waals surface area (Å²) in [5, 5.41) is 10.1. The fraction of sp³-hybridized carbons (Fsp3) is 1.00. The standard InChI is InChI=1S/C19H33NO2/c21-18(13-20-4-1-2-5-20)14-22-6-3-19-10-15-7-16(11-19)9-17(8-15)12-19/h15-18,21H,1-14H2/t15?,16?,17?,18-,19?/m0/s1. The van der Waals surface area contributed by atoms with Gasteiger partial charge in [0.05, 0.1) is 12.7 Å². The minimum absolute atomic E-state index is 0.297. The third-order valence-electron chi connectivity index (χ3n) is 6.92. The highest BCUT2D eigenvalue weighted by Gasteiger charge is 2.50. The predicted octanol–water partition coefficient (Wildman–Crippen LogP) is 3.07. The second-order valence-electron chi connectivity index (χ2n) is 8.90. The first-order valence-electron chi connectivity index (χ1n) is 9.69. The van der Waals surface area contributed by atoms with E-state index in [9.17, 15) is 5.11 Å². The van der Waals surface area contributed by atoms with Gasteiger partial charge in [0.2, 0.25) is 0 Å².